The lowest BCUT2D eigenvalue weighted by atomic mass is 9.81. The summed E-state index contributed by atoms with van der Waals surface area (Å²) in [7, 11) is 0. The van der Waals surface area contributed by atoms with Crippen LogP contribution in [0.15, 0.2) is 48.5 Å². The maximum absolute atomic E-state index is 13.7. The lowest BCUT2D eigenvalue weighted by Crippen LogP contribution is -2.56. The van der Waals surface area contributed by atoms with Gasteiger partial charge in [0.05, 0.1) is 21.9 Å². The van der Waals surface area contributed by atoms with Crippen LogP contribution in [-0.2, 0) is 9.59 Å². The molecule has 1 saturated heterocycles. The number of fused-ring (bicyclic) bond motifs is 5. The molecule has 3 aliphatic rings. The Morgan fingerprint density at radius 2 is 1.52 bits per heavy atom. The molecule has 2 saturated carbocycles. The first-order valence-corrected chi connectivity index (χ1v) is 11.8. The van der Waals surface area contributed by atoms with Crippen LogP contribution in [0.4, 0.5) is 0 Å². The third-order valence-electron chi connectivity index (χ3n) is 7.30. The summed E-state index contributed by atoms with van der Waals surface area (Å²) in [5.74, 6) is -2.33. The number of nitrogens with zero attached hydrogens (tertiary/aromatic N) is 2. The van der Waals surface area contributed by atoms with Gasteiger partial charge >= 0.3 is 0 Å². The average molecular weight is 485 g/mol. The Morgan fingerprint density at radius 1 is 0.909 bits per heavy atom. The van der Waals surface area contributed by atoms with Gasteiger partial charge in [0.15, 0.2) is 5.78 Å². The first-order valence-electron chi connectivity index (χ1n) is 11.0. The molecule has 170 valence electrons. The summed E-state index contributed by atoms with van der Waals surface area (Å²) in [6.07, 6.45) is 2.70. The number of benzene rings is 2. The monoisotopic (exact) mass is 484 g/mol. The molecule has 3 fully saturated rings. The predicted molar refractivity (Wildman–Crippen MR) is 123 cm³/mol. The fourth-order valence-corrected chi connectivity index (χ4v) is 6.06. The number of imide groups is 1. The Hall–Kier alpha value is -2.70. The zero-order valence-electron chi connectivity index (χ0n) is 17.9. The Kier molecular flexibility index (Phi) is 5.53. The molecule has 3 amide bonds. The molecular formula is C25H22Cl2N2O4. The van der Waals surface area contributed by atoms with Crippen LogP contribution in [0.2, 0.25) is 10.0 Å². The Labute approximate surface area is 201 Å². The van der Waals surface area contributed by atoms with E-state index in [0.29, 0.717) is 5.56 Å². The van der Waals surface area contributed by atoms with Gasteiger partial charge in [0, 0.05) is 11.1 Å². The molecule has 0 spiro atoms. The number of hydrazine groups is 1. The van der Waals surface area contributed by atoms with Crippen LogP contribution in [0.5, 0.6) is 0 Å². The molecule has 2 aromatic rings. The molecule has 2 bridgehead atoms. The summed E-state index contributed by atoms with van der Waals surface area (Å²) < 4.78 is 0. The average Bonchev–Trinajstić information content (AvgIpc) is 3.51. The van der Waals surface area contributed by atoms with E-state index >= 15 is 0 Å². The van der Waals surface area contributed by atoms with Crippen molar-refractivity contribution in [2.24, 2.45) is 23.7 Å². The van der Waals surface area contributed by atoms with Crippen molar-refractivity contribution in [3.8, 4) is 0 Å². The number of rotatable bonds is 5. The number of halogens is 2. The van der Waals surface area contributed by atoms with Crippen molar-refractivity contribution in [3.05, 3.63) is 69.7 Å². The summed E-state index contributed by atoms with van der Waals surface area (Å²) >= 11 is 12.1. The van der Waals surface area contributed by atoms with Crippen molar-refractivity contribution in [2.75, 3.05) is 0 Å². The molecule has 1 aliphatic heterocycles. The van der Waals surface area contributed by atoms with E-state index in [1.807, 2.05) is 0 Å². The molecule has 0 radical (unpaired) electrons. The molecule has 5 rings (SSSR count). The predicted octanol–water partition coefficient (Wildman–Crippen LogP) is 4.65. The molecule has 0 aromatic heterocycles. The van der Waals surface area contributed by atoms with Gasteiger partial charge in [-0.15, -0.1) is 0 Å². The fourth-order valence-electron chi connectivity index (χ4n) is 5.76. The van der Waals surface area contributed by atoms with E-state index in [1.165, 1.54) is 25.1 Å². The van der Waals surface area contributed by atoms with E-state index in [-0.39, 0.29) is 33.2 Å². The van der Waals surface area contributed by atoms with E-state index in [0.717, 1.165) is 29.3 Å². The van der Waals surface area contributed by atoms with Crippen molar-refractivity contribution in [3.63, 3.8) is 0 Å². The van der Waals surface area contributed by atoms with Crippen LogP contribution >= 0.6 is 23.2 Å². The maximum atomic E-state index is 13.7. The van der Waals surface area contributed by atoms with E-state index in [2.05, 4.69) is 0 Å². The van der Waals surface area contributed by atoms with Crippen LogP contribution in [-0.4, -0.2) is 39.6 Å². The topological polar surface area (TPSA) is 74.8 Å². The molecular weight excluding hydrogens is 463 g/mol. The first-order chi connectivity index (χ1) is 15.8. The number of ketones is 1. The number of carbonyl (C=O) groups excluding carboxylic acids is 4. The zero-order chi connectivity index (χ0) is 23.4. The standard InChI is InChI=1S/C25H22Cl2N2O4/c1-13(22(30)14-5-3-2-4-6-14)28(23(31)17-9-10-18(26)19(27)12-17)29-24(32)20-15-7-8-16(11-15)21(20)25(29)33/h2-6,9-10,12-13,15-16,20-21H,7-8,11H2,1H3/t13-,15+,16+,20-,21+/m1/s1. The molecule has 6 nitrogen and oxygen atoms in total. The first kappa shape index (κ1) is 22.1. The molecule has 5 atom stereocenters. The third kappa shape index (κ3) is 3.47. The molecule has 2 aromatic carbocycles. The molecule has 0 unspecified atom stereocenters. The fraction of sp³-hybridized carbons (Fsp3) is 0.360. The summed E-state index contributed by atoms with van der Waals surface area (Å²) in [6.45, 7) is 1.54. The molecule has 1 heterocycles. The van der Waals surface area contributed by atoms with Crippen LogP contribution in [0.3, 0.4) is 0 Å². The lowest BCUT2D eigenvalue weighted by Gasteiger charge is -2.35. The lowest BCUT2D eigenvalue weighted by molar-refractivity contribution is -0.157. The summed E-state index contributed by atoms with van der Waals surface area (Å²) in [6, 6.07) is 11.8. The van der Waals surface area contributed by atoms with Crippen molar-refractivity contribution in [1.29, 1.82) is 0 Å². The molecule has 33 heavy (non-hydrogen) atoms. The van der Waals surface area contributed by atoms with Gasteiger partial charge in [0.25, 0.3) is 17.7 Å². The molecule has 8 heteroatoms. The minimum atomic E-state index is -1.08. The Morgan fingerprint density at radius 3 is 2.09 bits per heavy atom. The highest BCUT2D eigenvalue weighted by Crippen LogP contribution is 2.56. The highest BCUT2D eigenvalue weighted by Gasteiger charge is 2.63. The highest BCUT2D eigenvalue weighted by atomic mass is 35.5. The van der Waals surface area contributed by atoms with Gasteiger partial charge < -0.3 is 0 Å². The highest BCUT2D eigenvalue weighted by molar-refractivity contribution is 6.42. The third-order valence-corrected chi connectivity index (χ3v) is 8.04. The summed E-state index contributed by atoms with van der Waals surface area (Å²) in [4.78, 5) is 54.0. The second kappa shape index (κ2) is 8.26. The Balaban J connectivity index is 1.56. The van der Waals surface area contributed by atoms with Gasteiger partial charge in [-0.05, 0) is 56.2 Å². The minimum Gasteiger partial charge on any atom is -0.292 e. The van der Waals surface area contributed by atoms with Crippen molar-refractivity contribution in [1.82, 2.24) is 10.0 Å². The van der Waals surface area contributed by atoms with Crippen LogP contribution < -0.4 is 0 Å². The second-order valence-electron chi connectivity index (χ2n) is 9.06. The van der Waals surface area contributed by atoms with Gasteiger partial charge in [0.1, 0.15) is 6.04 Å². The second-order valence-corrected chi connectivity index (χ2v) is 9.87. The largest absolute Gasteiger partial charge is 0.292 e. The SMILES string of the molecule is C[C@H](C(=O)c1ccccc1)N(C(=O)c1ccc(Cl)c(Cl)c1)N1C(=O)[C@@H]2[C@H]3CC[C@@H](C3)[C@@H]2C1=O. The maximum Gasteiger partial charge on any atom is 0.273 e. The number of hydrogen-bond donors (Lipinski definition) is 0. The van der Waals surface area contributed by atoms with Crippen molar-refractivity contribution < 1.29 is 19.2 Å². The smallest absolute Gasteiger partial charge is 0.273 e. The van der Waals surface area contributed by atoms with Crippen molar-refractivity contribution >= 4 is 46.7 Å². The van der Waals surface area contributed by atoms with Crippen LogP contribution in [0.1, 0.15) is 46.9 Å². The minimum absolute atomic E-state index is 0.137. The van der Waals surface area contributed by atoms with Crippen molar-refractivity contribution in [2.45, 2.75) is 32.2 Å². The number of Topliss-reactive ketones (excluding diaryl/α,β-unsaturated/α-hetero) is 1. The van der Waals surface area contributed by atoms with Crippen LogP contribution in [0, 0.1) is 23.7 Å². The normalized spacial score (nSPS) is 26.5. The zero-order valence-corrected chi connectivity index (χ0v) is 19.4. The van der Waals surface area contributed by atoms with E-state index in [1.54, 1.807) is 30.3 Å². The van der Waals surface area contributed by atoms with Gasteiger partial charge in [0.2, 0.25) is 0 Å². The van der Waals surface area contributed by atoms with Crippen LogP contribution in [0.25, 0.3) is 0 Å². The summed E-state index contributed by atoms with van der Waals surface area (Å²) in [5.41, 5.74) is 0.522. The van der Waals surface area contributed by atoms with E-state index in [9.17, 15) is 19.2 Å². The molecule has 0 N–H and O–H groups in total. The van der Waals surface area contributed by atoms with E-state index < -0.39 is 35.6 Å². The number of amides is 3. The molecule has 2 aliphatic carbocycles. The van der Waals surface area contributed by atoms with Gasteiger partial charge in [-0.25, -0.2) is 5.01 Å². The van der Waals surface area contributed by atoms with Gasteiger partial charge in [-0.3, -0.25) is 19.2 Å². The number of carbonyl (C=O) groups is 4. The van der Waals surface area contributed by atoms with E-state index in [4.69, 9.17) is 23.2 Å². The quantitative estimate of drug-likeness (QED) is 0.457. The van der Waals surface area contributed by atoms with Gasteiger partial charge in [-0.1, -0.05) is 53.5 Å². The Bertz CT molecular complexity index is 1140. The summed E-state index contributed by atoms with van der Waals surface area (Å²) in [5, 5.41) is 2.40. The van der Waals surface area contributed by atoms with Gasteiger partial charge in [-0.2, -0.15) is 5.01 Å². The number of hydrogen-bond acceptors (Lipinski definition) is 4.